The summed E-state index contributed by atoms with van der Waals surface area (Å²) < 4.78 is 31.0. The average molecular weight is 504 g/mol. The van der Waals surface area contributed by atoms with Crippen LogP contribution in [-0.2, 0) is 33.3 Å². The van der Waals surface area contributed by atoms with Gasteiger partial charge in [-0.3, -0.25) is 9.59 Å². The van der Waals surface area contributed by atoms with Crippen molar-refractivity contribution in [2.24, 2.45) is 0 Å². The topological polar surface area (TPSA) is 113 Å². The van der Waals surface area contributed by atoms with Gasteiger partial charge in [0.2, 0.25) is 5.91 Å². The Bertz CT molecular complexity index is 561. The molecule has 0 aromatic heterocycles. The summed E-state index contributed by atoms with van der Waals surface area (Å²) in [5.74, 6) is -1.39. The first kappa shape index (κ1) is 31.8. The van der Waals surface area contributed by atoms with E-state index in [1.54, 1.807) is 0 Å². The maximum atomic E-state index is 12.7. The Labute approximate surface area is 211 Å². The zero-order valence-corrected chi connectivity index (χ0v) is 22.3. The molecule has 0 saturated carbocycles. The predicted octanol–water partition coefficient (Wildman–Crippen LogP) is 4.06. The second kappa shape index (κ2) is 19.9. The summed E-state index contributed by atoms with van der Waals surface area (Å²) in [5.41, 5.74) is 0. The van der Waals surface area contributed by atoms with Gasteiger partial charge in [-0.25, -0.2) is 0 Å². The minimum atomic E-state index is -1.02. The minimum absolute atomic E-state index is 0.125. The summed E-state index contributed by atoms with van der Waals surface area (Å²) in [6, 6.07) is -0.622. The Morgan fingerprint density at radius 2 is 1.31 bits per heavy atom. The van der Waals surface area contributed by atoms with Gasteiger partial charge in [-0.1, -0.05) is 53.4 Å². The van der Waals surface area contributed by atoms with Crippen molar-refractivity contribution < 1.29 is 38.4 Å². The molecule has 0 aromatic rings. The normalized spacial score (nSPS) is 24.4. The molecular formula is C26H49NO8. The zero-order valence-electron chi connectivity index (χ0n) is 22.3. The van der Waals surface area contributed by atoms with Gasteiger partial charge in [-0.05, 0) is 25.7 Å². The molecule has 1 amide bonds. The Hall–Kier alpha value is -1.26. The maximum Gasteiger partial charge on any atom is 0.303 e. The van der Waals surface area contributed by atoms with Crippen molar-refractivity contribution in [3.05, 3.63) is 0 Å². The SMILES string of the molecule is CCCCOCC1O[C@@H](OCCCC)C(NC(=O)CCC(=O)O)C(OCCCC)[C@H]1OCCCC. The number of unbranched alkanes of at least 4 members (excludes halogenated alkanes) is 4. The van der Waals surface area contributed by atoms with Gasteiger partial charge in [0, 0.05) is 32.8 Å². The molecule has 0 radical (unpaired) electrons. The number of carboxylic acid groups (broad SMARTS) is 1. The van der Waals surface area contributed by atoms with Gasteiger partial charge in [0.1, 0.15) is 24.4 Å². The molecule has 206 valence electrons. The quantitative estimate of drug-likeness (QED) is 0.226. The molecule has 5 atom stereocenters. The molecule has 0 bridgehead atoms. The molecule has 0 aromatic carbocycles. The van der Waals surface area contributed by atoms with Crippen molar-refractivity contribution in [2.75, 3.05) is 33.0 Å². The lowest BCUT2D eigenvalue weighted by Crippen LogP contribution is -2.66. The van der Waals surface area contributed by atoms with E-state index in [2.05, 4.69) is 33.0 Å². The highest BCUT2D eigenvalue weighted by atomic mass is 16.7. The van der Waals surface area contributed by atoms with E-state index in [1.807, 2.05) is 0 Å². The number of nitrogens with one attached hydrogen (secondary N) is 1. The van der Waals surface area contributed by atoms with Crippen LogP contribution in [0.1, 0.15) is 91.9 Å². The van der Waals surface area contributed by atoms with E-state index >= 15 is 0 Å². The third-order valence-corrected chi connectivity index (χ3v) is 5.86. The second-order valence-electron chi connectivity index (χ2n) is 9.06. The lowest BCUT2D eigenvalue weighted by Gasteiger charge is -2.46. The van der Waals surface area contributed by atoms with E-state index in [1.165, 1.54) is 0 Å². The zero-order chi connectivity index (χ0) is 25.9. The molecule has 3 unspecified atom stereocenters. The first-order valence-electron chi connectivity index (χ1n) is 13.6. The van der Waals surface area contributed by atoms with Crippen LogP contribution in [0.5, 0.6) is 0 Å². The fraction of sp³-hybridized carbons (Fsp3) is 0.923. The largest absolute Gasteiger partial charge is 0.481 e. The molecule has 9 nitrogen and oxygen atoms in total. The Kier molecular flexibility index (Phi) is 18.0. The fourth-order valence-corrected chi connectivity index (χ4v) is 3.73. The highest BCUT2D eigenvalue weighted by molar-refractivity contribution is 5.80. The van der Waals surface area contributed by atoms with Gasteiger partial charge in [-0.2, -0.15) is 0 Å². The van der Waals surface area contributed by atoms with Crippen LogP contribution < -0.4 is 5.32 Å². The molecule has 0 aliphatic carbocycles. The van der Waals surface area contributed by atoms with Crippen molar-refractivity contribution in [1.82, 2.24) is 5.32 Å². The highest BCUT2D eigenvalue weighted by Crippen LogP contribution is 2.28. The summed E-state index contributed by atoms with van der Waals surface area (Å²) in [7, 11) is 0. The Balaban J connectivity index is 3.15. The Morgan fingerprint density at radius 3 is 1.89 bits per heavy atom. The van der Waals surface area contributed by atoms with Gasteiger partial charge in [0.25, 0.3) is 0 Å². The van der Waals surface area contributed by atoms with Crippen molar-refractivity contribution in [1.29, 1.82) is 0 Å². The molecule has 9 heteroatoms. The smallest absolute Gasteiger partial charge is 0.303 e. The van der Waals surface area contributed by atoms with Gasteiger partial charge in [0.05, 0.1) is 13.0 Å². The van der Waals surface area contributed by atoms with E-state index in [0.29, 0.717) is 33.0 Å². The maximum absolute atomic E-state index is 12.7. The van der Waals surface area contributed by atoms with Gasteiger partial charge < -0.3 is 34.1 Å². The molecule has 35 heavy (non-hydrogen) atoms. The van der Waals surface area contributed by atoms with Crippen molar-refractivity contribution >= 4 is 11.9 Å². The van der Waals surface area contributed by atoms with E-state index < -0.39 is 36.6 Å². The molecule has 1 aliphatic rings. The summed E-state index contributed by atoms with van der Waals surface area (Å²) in [5, 5.41) is 11.9. The fourth-order valence-electron chi connectivity index (χ4n) is 3.73. The number of ether oxygens (including phenoxy) is 5. The molecule has 1 heterocycles. The van der Waals surface area contributed by atoms with Gasteiger partial charge in [-0.15, -0.1) is 0 Å². The second-order valence-corrected chi connectivity index (χ2v) is 9.06. The number of rotatable bonds is 21. The van der Waals surface area contributed by atoms with Crippen LogP contribution in [-0.4, -0.2) is 80.7 Å². The van der Waals surface area contributed by atoms with Crippen molar-refractivity contribution in [3.8, 4) is 0 Å². The monoisotopic (exact) mass is 503 g/mol. The minimum Gasteiger partial charge on any atom is -0.481 e. The highest BCUT2D eigenvalue weighted by Gasteiger charge is 2.48. The van der Waals surface area contributed by atoms with E-state index in [4.69, 9.17) is 28.8 Å². The molecular weight excluding hydrogens is 454 g/mol. The van der Waals surface area contributed by atoms with E-state index in [9.17, 15) is 9.59 Å². The number of carboxylic acids is 1. The van der Waals surface area contributed by atoms with Crippen LogP contribution >= 0.6 is 0 Å². The predicted molar refractivity (Wildman–Crippen MR) is 133 cm³/mol. The molecule has 2 N–H and O–H groups in total. The van der Waals surface area contributed by atoms with Crippen LogP contribution in [0.15, 0.2) is 0 Å². The molecule has 0 spiro atoms. The van der Waals surface area contributed by atoms with Crippen LogP contribution in [0.25, 0.3) is 0 Å². The average Bonchev–Trinajstić information content (AvgIpc) is 2.83. The summed E-state index contributed by atoms with van der Waals surface area (Å²) in [6.45, 7) is 10.9. The third-order valence-electron chi connectivity index (χ3n) is 5.86. The van der Waals surface area contributed by atoms with Crippen molar-refractivity contribution in [3.63, 3.8) is 0 Å². The number of hydrogen-bond donors (Lipinski definition) is 2. The molecule has 1 fully saturated rings. The number of aliphatic carboxylic acids is 1. The van der Waals surface area contributed by atoms with Crippen LogP contribution in [0.3, 0.4) is 0 Å². The van der Waals surface area contributed by atoms with Gasteiger partial charge in [0.15, 0.2) is 6.29 Å². The van der Waals surface area contributed by atoms with Crippen LogP contribution in [0.2, 0.25) is 0 Å². The first-order chi connectivity index (χ1) is 17.0. The lowest BCUT2D eigenvalue weighted by atomic mass is 9.95. The molecule has 1 aliphatic heterocycles. The summed E-state index contributed by atoms with van der Waals surface area (Å²) in [6.07, 6.45) is 5.08. The summed E-state index contributed by atoms with van der Waals surface area (Å²) in [4.78, 5) is 23.6. The van der Waals surface area contributed by atoms with Crippen molar-refractivity contribution in [2.45, 2.75) is 123 Å². The summed E-state index contributed by atoms with van der Waals surface area (Å²) >= 11 is 0. The first-order valence-corrected chi connectivity index (χ1v) is 13.6. The van der Waals surface area contributed by atoms with E-state index in [-0.39, 0.29) is 18.7 Å². The number of carbonyl (C=O) groups is 2. The number of carbonyl (C=O) groups excluding carboxylic acids is 1. The van der Waals surface area contributed by atoms with E-state index in [0.717, 1.165) is 51.4 Å². The lowest BCUT2D eigenvalue weighted by molar-refractivity contribution is -0.287. The van der Waals surface area contributed by atoms with Crippen LogP contribution in [0.4, 0.5) is 0 Å². The third kappa shape index (κ3) is 13.0. The van der Waals surface area contributed by atoms with Crippen LogP contribution in [0, 0.1) is 0 Å². The molecule has 1 saturated heterocycles. The standard InChI is InChI=1S/C26H49NO8/c1-5-9-15-31-19-20-24(32-16-10-6-2)25(33-17-11-7-3)23(26(35-20)34-18-12-8-4)27-21(28)13-14-22(29)30/h20,23-26H,5-19H2,1-4H3,(H,27,28)(H,29,30)/t20?,23?,24-,25?,26+/m0/s1. The van der Waals surface area contributed by atoms with Gasteiger partial charge >= 0.3 is 5.97 Å². The number of hydrogen-bond acceptors (Lipinski definition) is 7. The Morgan fingerprint density at radius 1 is 0.771 bits per heavy atom. The molecule has 1 rings (SSSR count). The number of amides is 1.